The monoisotopic (exact) mass is 281 g/mol. The SMILES string of the molecule is CC(CNCc1cn(CCCO)nn1)CN1CCCC1. The Labute approximate surface area is 121 Å². The lowest BCUT2D eigenvalue weighted by Crippen LogP contribution is -2.31. The van der Waals surface area contributed by atoms with E-state index in [1.54, 1.807) is 4.68 Å². The molecule has 0 spiro atoms. The molecule has 1 atom stereocenters. The minimum Gasteiger partial charge on any atom is -0.396 e. The minimum atomic E-state index is 0.196. The molecule has 2 N–H and O–H groups in total. The molecular weight excluding hydrogens is 254 g/mol. The van der Waals surface area contributed by atoms with Crippen molar-refractivity contribution in [3.05, 3.63) is 11.9 Å². The molecule has 0 bridgehead atoms. The van der Waals surface area contributed by atoms with Gasteiger partial charge in [0.1, 0.15) is 0 Å². The van der Waals surface area contributed by atoms with Crippen LogP contribution in [0.1, 0.15) is 31.9 Å². The van der Waals surface area contributed by atoms with Gasteiger partial charge in [0.25, 0.3) is 0 Å². The summed E-state index contributed by atoms with van der Waals surface area (Å²) >= 11 is 0. The molecule has 1 saturated heterocycles. The summed E-state index contributed by atoms with van der Waals surface area (Å²) < 4.78 is 1.79. The number of hydrogen-bond donors (Lipinski definition) is 2. The van der Waals surface area contributed by atoms with Crippen LogP contribution in [0.25, 0.3) is 0 Å². The molecule has 1 aliphatic heterocycles. The van der Waals surface area contributed by atoms with E-state index in [0.29, 0.717) is 5.92 Å². The summed E-state index contributed by atoms with van der Waals surface area (Å²) in [6.07, 6.45) is 5.39. The van der Waals surface area contributed by atoms with E-state index in [1.165, 1.54) is 32.5 Å². The maximum absolute atomic E-state index is 8.78. The topological polar surface area (TPSA) is 66.2 Å². The summed E-state index contributed by atoms with van der Waals surface area (Å²) in [4.78, 5) is 2.55. The fourth-order valence-electron chi connectivity index (χ4n) is 2.68. The third-order valence-electron chi connectivity index (χ3n) is 3.70. The van der Waals surface area contributed by atoms with E-state index in [0.717, 1.165) is 31.7 Å². The molecule has 0 radical (unpaired) electrons. The molecule has 0 saturated carbocycles. The maximum Gasteiger partial charge on any atom is 0.0964 e. The van der Waals surface area contributed by atoms with Crippen LogP contribution in [0, 0.1) is 5.92 Å². The van der Waals surface area contributed by atoms with Crippen LogP contribution in [0.4, 0.5) is 0 Å². The quantitative estimate of drug-likeness (QED) is 0.689. The van der Waals surface area contributed by atoms with Crippen LogP contribution in [-0.4, -0.2) is 57.8 Å². The number of nitrogens with zero attached hydrogens (tertiary/aromatic N) is 4. The van der Waals surface area contributed by atoms with E-state index in [-0.39, 0.29) is 6.61 Å². The molecule has 1 aliphatic rings. The molecule has 0 aromatic carbocycles. The molecular formula is C14H27N5O. The maximum atomic E-state index is 8.78. The Kier molecular flexibility index (Phi) is 6.42. The van der Waals surface area contributed by atoms with E-state index in [4.69, 9.17) is 5.11 Å². The second-order valence-electron chi connectivity index (χ2n) is 5.79. The first-order valence-corrected chi connectivity index (χ1v) is 7.71. The van der Waals surface area contributed by atoms with Crippen LogP contribution >= 0.6 is 0 Å². The smallest absolute Gasteiger partial charge is 0.0964 e. The van der Waals surface area contributed by atoms with E-state index in [2.05, 4.69) is 27.5 Å². The standard InChI is InChI=1S/C14H27N5O/c1-13(11-18-5-2-3-6-18)9-15-10-14-12-19(17-16-14)7-4-8-20/h12-13,15,20H,2-11H2,1H3. The van der Waals surface area contributed by atoms with Crippen LogP contribution in [0.3, 0.4) is 0 Å². The van der Waals surface area contributed by atoms with Crippen molar-refractivity contribution in [2.45, 2.75) is 39.3 Å². The van der Waals surface area contributed by atoms with Gasteiger partial charge in [-0.1, -0.05) is 12.1 Å². The van der Waals surface area contributed by atoms with Crippen molar-refractivity contribution in [2.75, 3.05) is 32.8 Å². The summed E-state index contributed by atoms with van der Waals surface area (Å²) in [5.74, 6) is 0.664. The average Bonchev–Trinajstić information content (AvgIpc) is 3.08. The van der Waals surface area contributed by atoms with Gasteiger partial charge in [-0.2, -0.15) is 0 Å². The molecule has 1 fully saturated rings. The molecule has 0 amide bonds. The Morgan fingerprint density at radius 1 is 1.40 bits per heavy atom. The molecule has 1 aromatic heterocycles. The first kappa shape index (κ1) is 15.4. The largest absolute Gasteiger partial charge is 0.396 e. The number of likely N-dealkylation sites (tertiary alicyclic amines) is 1. The molecule has 1 aromatic rings. The lowest BCUT2D eigenvalue weighted by Gasteiger charge is -2.20. The van der Waals surface area contributed by atoms with Crippen molar-refractivity contribution >= 4 is 0 Å². The first-order chi connectivity index (χ1) is 9.78. The number of nitrogens with one attached hydrogen (secondary N) is 1. The van der Waals surface area contributed by atoms with Crippen molar-refractivity contribution in [1.29, 1.82) is 0 Å². The zero-order chi connectivity index (χ0) is 14.2. The first-order valence-electron chi connectivity index (χ1n) is 7.71. The Hall–Kier alpha value is -0.980. The van der Waals surface area contributed by atoms with Crippen molar-refractivity contribution in [2.24, 2.45) is 5.92 Å². The highest BCUT2D eigenvalue weighted by Gasteiger charge is 2.14. The van der Waals surface area contributed by atoms with Gasteiger partial charge in [-0.15, -0.1) is 5.10 Å². The number of aliphatic hydroxyl groups is 1. The van der Waals surface area contributed by atoms with Crippen molar-refractivity contribution in [3.63, 3.8) is 0 Å². The van der Waals surface area contributed by atoms with Gasteiger partial charge >= 0.3 is 0 Å². The Bertz CT molecular complexity index is 375. The number of aromatic nitrogens is 3. The number of rotatable bonds is 9. The minimum absolute atomic E-state index is 0.196. The second-order valence-corrected chi connectivity index (χ2v) is 5.79. The molecule has 20 heavy (non-hydrogen) atoms. The molecule has 0 aliphatic carbocycles. The molecule has 2 rings (SSSR count). The lowest BCUT2D eigenvalue weighted by molar-refractivity contribution is 0.276. The average molecular weight is 281 g/mol. The third-order valence-corrected chi connectivity index (χ3v) is 3.70. The molecule has 114 valence electrons. The summed E-state index contributed by atoms with van der Waals surface area (Å²) in [6.45, 7) is 8.73. The van der Waals surface area contributed by atoms with Crippen LogP contribution < -0.4 is 5.32 Å². The van der Waals surface area contributed by atoms with E-state index < -0.39 is 0 Å². The number of aryl methyl sites for hydroxylation is 1. The predicted octanol–water partition coefficient (Wildman–Crippen LogP) is 0.482. The second kappa shape index (κ2) is 8.34. The molecule has 1 unspecified atom stereocenters. The summed E-state index contributed by atoms with van der Waals surface area (Å²) in [6, 6.07) is 0. The van der Waals surface area contributed by atoms with Gasteiger partial charge in [0, 0.05) is 32.4 Å². The highest BCUT2D eigenvalue weighted by molar-refractivity contribution is 4.91. The van der Waals surface area contributed by atoms with Crippen molar-refractivity contribution in [1.82, 2.24) is 25.2 Å². The highest BCUT2D eigenvalue weighted by Crippen LogP contribution is 2.09. The third kappa shape index (κ3) is 5.19. The predicted molar refractivity (Wildman–Crippen MR) is 78.3 cm³/mol. The van der Waals surface area contributed by atoms with E-state index >= 15 is 0 Å². The van der Waals surface area contributed by atoms with Crippen LogP contribution in [0.2, 0.25) is 0 Å². The van der Waals surface area contributed by atoms with Gasteiger partial charge in [0.2, 0.25) is 0 Å². The molecule has 6 nitrogen and oxygen atoms in total. The Morgan fingerprint density at radius 3 is 2.95 bits per heavy atom. The summed E-state index contributed by atoms with van der Waals surface area (Å²) in [5.41, 5.74) is 0.969. The fourth-order valence-corrected chi connectivity index (χ4v) is 2.68. The lowest BCUT2D eigenvalue weighted by atomic mass is 10.1. The fraction of sp³-hybridized carbons (Fsp3) is 0.857. The highest BCUT2D eigenvalue weighted by atomic mass is 16.3. The van der Waals surface area contributed by atoms with Gasteiger partial charge in [0.05, 0.1) is 5.69 Å². The Balaban J connectivity index is 1.60. The summed E-state index contributed by atoms with van der Waals surface area (Å²) in [5, 5.41) is 20.4. The van der Waals surface area contributed by atoms with Gasteiger partial charge in [-0.3, -0.25) is 4.68 Å². The van der Waals surface area contributed by atoms with E-state index in [9.17, 15) is 0 Å². The number of hydrogen-bond acceptors (Lipinski definition) is 5. The van der Waals surface area contributed by atoms with Crippen molar-refractivity contribution < 1.29 is 5.11 Å². The van der Waals surface area contributed by atoms with Gasteiger partial charge in [-0.25, -0.2) is 0 Å². The van der Waals surface area contributed by atoms with Crippen molar-refractivity contribution in [3.8, 4) is 0 Å². The summed E-state index contributed by atoms with van der Waals surface area (Å²) in [7, 11) is 0. The normalized spacial score (nSPS) is 17.7. The zero-order valence-corrected chi connectivity index (χ0v) is 12.5. The number of aliphatic hydroxyl groups excluding tert-OH is 1. The molecule has 6 heteroatoms. The Morgan fingerprint density at radius 2 is 2.20 bits per heavy atom. The van der Waals surface area contributed by atoms with Crippen LogP contribution in [0.15, 0.2) is 6.20 Å². The molecule has 2 heterocycles. The zero-order valence-electron chi connectivity index (χ0n) is 12.5. The van der Waals surface area contributed by atoms with Crippen LogP contribution in [0.5, 0.6) is 0 Å². The van der Waals surface area contributed by atoms with Gasteiger partial charge in [0.15, 0.2) is 0 Å². The van der Waals surface area contributed by atoms with Gasteiger partial charge < -0.3 is 15.3 Å². The van der Waals surface area contributed by atoms with Crippen LogP contribution in [-0.2, 0) is 13.1 Å². The van der Waals surface area contributed by atoms with Gasteiger partial charge in [-0.05, 0) is 44.8 Å². The van der Waals surface area contributed by atoms with E-state index in [1.807, 2.05) is 6.20 Å².